The molecule has 1 aromatic rings. The first-order chi connectivity index (χ1) is 13.9. The molecule has 0 amide bonds. The van der Waals surface area contributed by atoms with Gasteiger partial charge in [-0.2, -0.15) is 11.8 Å². The van der Waals surface area contributed by atoms with Crippen LogP contribution < -0.4 is 4.74 Å². The summed E-state index contributed by atoms with van der Waals surface area (Å²) in [5.41, 5.74) is 0. The number of carbonyl (C=O) groups is 1. The minimum absolute atomic E-state index is 0.0420. The van der Waals surface area contributed by atoms with E-state index < -0.39 is 24.3 Å². The van der Waals surface area contributed by atoms with Crippen molar-refractivity contribution in [3.63, 3.8) is 0 Å². The molecule has 1 aliphatic carbocycles. The van der Waals surface area contributed by atoms with E-state index in [4.69, 9.17) is 9.84 Å². The summed E-state index contributed by atoms with van der Waals surface area (Å²) in [6.07, 6.45) is 2.64. The molecule has 1 aliphatic rings. The Bertz CT molecular complexity index is 614. The van der Waals surface area contributed by atoms with Gasteiger partial charge in [-0.3, -0.25) is 4.79 Å². The van der Waals surface area contributed by atoms with Crippen molar-refractivity contribution in [2.75, 3.05) is 12.4 Å². The Kier molecular flexibility index (Phi) is 10.2. The fourth-order valence-electron chi connectivity index (χ4n) is 3.66. The van der Waals surface area contributed by atoms with Gasteiger partial charge in [0.15, 0.2) is 0 Å². The lowest BCUT2D eigenvalue weighted by atomic mass is 9.97. The molecule has 0 saturated heterocycles. The summed E-state index contributed by atoms with van der Waals surface area (Å²) in [5, 5.41) is 39.2. The van der Waals surface area contributed by atoms with Crippen molar-refractivity contribution in [1.82, 2.24) is 0 Å². The van der Waals surface area contributed by atoms with E-state index in [1.54, 1.807) is 0 Å². The molecule has 1 fully saturated rings. The number of carboxylic acids is 1. The number of ether oxygens (including phenoxy) is 1. The predicted octanol–water partition coefficient (Wildman–Crippen LogP) is 2.83. The average Bonchev–Trinajstić information content (AvgIpc) is 2.94. The van der Waals surface area contributed by atoms with E-state index in [0.29, 0.717) is 24.3 Å². The van der Waals surface area contributed by atoms with E-state index in [1.165, 1.54) is 36.0 Å². The monoisotopic (exact) mass is 430 g/mol. The van der Waals surface area contributed by atoms with Gasteiger partial charge in [0, 0.05) is 23.8 Å². The number of aliphatic hydroxyl groups excluding tert-OH is 3. The second-order valence-electron chi connectivity index (χ2n) is 7.60. The maximum Gasteiger partial charge on any atom is 0.303 e. The summed E-state index contributed by atoms with van der Waals surface area (Å²) < 4.78 is 18.3. The predicted molar refractivity (Wildman–Crippen MR) is 110 cm³/mol. The third-order valence-electron chi connectivity index (χ3n) is 5.19. The van der Waals surface area contributed by atoms with Gasteiger partial charge in [-0.05, 0) is 43.0 Å². The van der Waals surface area contributed by atoms with Crippen LogP contribution in [-0.4, -0.2) is 62.3 Å². The van der Waals surface area contributed by atoms with Crippen LogP contribution >= 0.6 is 11.8 Å². The molecular formula is C21H31FO6S. The summed E-state index contributed by atoms with van der Waals surface area (Å²) in [4.78, 5) is 10.5. The zero-order valence-electron chi connectivity index (χ0n) is 16.5. The van der Waals surface area contributed by atoms with E-state index in [1.807, 2.05) is 0 Å². The number of hydrogen-bond acceptors (Lipinski definition) is 6. The standard InChI is InChI=1S/C21H31FO6S/c22-14-7-9-16(10-8-14)28-12-15(23)13-29-21-17(18(24)11-19(21)25)5-3-1-2-4-6-20(26)27/h7-10,15,17-19,21,23-25H,1-6,11-13H2,(H,26,27)/t15?,17-,18?,19?,21+/m0/s1. The van der Waals surface area contributed by atoms with Gasteiger partial charge in [0.25, 0.3) is 0 Å². The fraction of sp³-hybridized carbons (Fsp3) is 0.667. The fourth-order valence-corrected chi connectivity index (χ4v) is 5.09. The molecule has 1 aromatic carbocycles. The minimum atomic E-state index is -0.780. The number of aliphatic carboxylic acids is 1. The largest absolute Gasteiger partial charge is 0.491 e. The number of carboxylic acid groups (broad SMARTS) is 1. The van der Waals surface area contributed by atoms with Gasteiger partial charge in [-0.15, -0.1) is 0 Å². The zero-order valence-corrected chi connectivity index (χ0v) is 17.3. The van der Waals surface area contributed by atoms with Gasteiger partial charge in [0.2, 0.25) is 0 Å². The topological polar surface area (TPSA) is 107 Å². The van der Waals surface area contributed by atoms with Gasteiger partial charge < -0.3 is 25.2 Å². The lowest BCUT2D eigenvalue weighted by Gasteiger charge is -2.24. The normalized spacial score (nSPS) is 25.1. The molecule has 8 heteroatoms. The Morgan fingerprint density at radius 3 is 2.52 bits per heavy atom. The average molecular weight is 431 g/mol. The quantitative estimate of drug-likeness (QED) is 0.357. The van der Waals surface area contributed by atoms with E-state index in [2.05, 4.69) is 0 Å². The Balaban J connectivity index is 1.70. The van der Waals surface area contributed by atoms with Gasteiger partial charge in [0.1, 0.15) is 18.2 Å². The third-order valence-corrected chi connectivity index (χ3v) is 6.82. The van der Waals surface area contributed by atoms with Crippen LogP contribution in [0.1, 0.15) is 44.9 Å². The van der Waals surface area contributed by atoms with Gasteiger partial charge >= 0.3 is 5.97 Å². The SMILES string of the molecule is O=C(O)CCCCCC[C@H]1C(O)CC(O)[C@@H]1SCC(O)COc1ccc(F)cc1. The van der Waals surface area contributed by atoms with Crippen LogP contribution in [0.25, 0.3) is 0 Å². The molecule has 2 rings (SSSR count). The van der Waals surface area contributed by atoms with Crippen molar-refractivity contribution in [2.24, 2.45) is 5.92 Å². The summed E-state index contributed by atoms with van der Waals surface area (Å²) >= 11 is 1.44. The molecule has 0 aromatic heterocycles. The van der Waals surface area contributed by atoms with Crippen LogP contribution in [0.15, 0.2) is 24.3 Å². The molecular weight excluding hydrogens is 399 g/mol. The van der Waals surface area contributed by atoms with Gasteiger partial charge in [0.05, 0.1) is 18.3 Å². The van der Waals surface area contributed by atoms with E-state index in [-0.39, 0.29) is 30.0 Å². The molecule has 1 saturated carbocycles. The number of thioether (sulfide) groups is 1. The summed E-state index contributed by atoms with van der Waals surface area (Å²) in [5.74, 6) is -0.328. The zero-order chi connectivity index (χ0) is 21.2. The molecule has 0 bridgehead atoms. The third kappa shape index (κ3) is 8.50. The van der Waals surface area contributed by atoms with Crippen LogP contribution in [-0.2, 0) is 4.79 Å². The molecule has 29 heavy (non-hydrogen) atoms. The molecule has 0 aliphatic heterocycles. The second kappa shape index (κ2) is 12.4. The van der Waals surface area contributed by atoms with Crippen LogP contribution in [0.4, 0.5) is 4.39 Å². The molecule has 3 unspecified atom stereocenters. The minimum Gasteiger partial charge on any atom is -0.491 e. The molecule has 5 atom stereocenters. The van der Waals surface area contributed by atoms with Crippen molar-refractivity contribution < 1.29 is 34.3 Å². The molecule has 0 spiro atoms. The number of aliphatic hydroxyl groups is 3. The molecule has 6 nitrogen and oxygen atoms in total. The molecule has 0 radical (unpaired) electrons. The number of rotatable bonds is 13. The first kappa shape index (κ1) is 23.9. The smallest absolute Gasteiger partial charge is 0.303 e. The van der Waals surface area contributed by atoms with E-state index >= 15 is 0 Å². The van der Waals surface area contributed by atoms with E-state index in [9.17, 15) is 24.5 Å². The second-order valence-corrected chi connectivity index (χ2v) is 8.81. The number of benzene rings is 1. The van der Waals surface area contributed by atoms with Crippen LogP contribution in [0.5, 0.6) is 5.75 Å². The number of hydrogen-bond donors (Lipinski definition) is 4. The van der Waals surface area contributed by atoms with Crippen molar-refractivity contribution in [3.05, 3.63) is 30.1 Å². The lowest BCUT2D eigenvalue weighted by Crippen LogP contribution is -2.28. The number of halogens is 1. The summed E-state index contributed by atoms with van der Waals surface area (Å²) in [6, 6.07) is 5.58. The number of unbranched alkanes of at least 4 members (excludes halogenated alkanes) is 3. The van der Waals surface area contributed by atoms with Crippen LogP contribution in [0.2, 0.25) is 0 Å². The maximum atomic E-state index is 12.9. The first-order valence-corrected chi connectivity index (χ1v) is 11.2. The highest BCUT2D eigenvalue weighted by molar-refractivity contribution is 8.00. The van der Waals surface area contributed by atoms with E-state index in [0.717, 1.165) is 25.7 Å². The van der Waals surface area contributed by atoms with Crippen LogP contribution in [0.3, 0.4) is 0 Å². The van der Waals surface area contributed by atoms with Gasteiger partial charge in [-0.25, -0.2) is 4.39 Å². The lowest BCUT2D eigenvalue weighted by molar-refractivity contribution is -0.137. The van der Waals surface area contributed by atoms with Crippen molar-refractivity contribution >= 4 is 17.7 Å². The van der Waals surface area contributed by atoms with Crippen LogP contribution in [0, 0.1) is 11.7 Å². The molecule has 0 heterocycles. The Morgan fingerprint density at radius 2 is 1.83 bits per heavy atom. The highest BCUT2D eigenvalue weighted by Gasteiger charge is 2.41. The first-order valence-electron chi connectivity index (χ1n) is 10.1. The van der Waals surface area contributed by atoms with Gasteiger partial charge in [-0.1, -0.05) is 19.3 Å². The highest BCUT2D eigenvalue weighted by atomic mass is 32.2. The Hall–Kier alpha value is -1.35. The van der Waals surface area contributed by atoms with Crippen molar-refractivity contribution in [1.29, 1.82) is 0 Å². The molecule has 4 N–H and O–H groups in total. The Labute approximate surface area is 175 Å². The summed E-state index contributed by atoms with van der Waals surface area (Å²) in [6.45, 7) is 0.0677. The van der Waals surface area contributed by atoms with Crippen molar-refractivity contribution in [3.8, 4) is 5.75 Å². The summed E-state index contributed by atoms with van der Waals surface area (Å²) in [7, 11) is 0. The Morgan fingerprint density at radius 1 is 1.14 bits per heavy atom. The highest BCUT2D eigenvalue weighted by Crippen LogP contribution is 2.39. The maximum absolute atomic E-state index is 12.9. The van der Waals surface area contributed by atoms with Crippen molar-refractivity contribution in [2.45, 2.75) is 68.5 Å². The molecule has 164 valence electrons.